The van der Waals surface area contributed by atoms with Gasteiger partial charge in [0.25, 0.3) is 0 Å². The molecular weight excluding hydrogens is 630 g/mol. The van der Waals surface area contributed by atoms with Crippen LogP contribution in [0, 0.1) is 0 Å². The average molecular weight is 666 g/mol. The number of phenolic OH excluding ortho intramolecular Hbond substituents is 1. The summed E-state index contributed by atoms with van der Waals surface area (Å²) in [6, 6.07) is 10.8. The molecule has 2 aromatic carbocycles. The summed E-state index contributed by atoms with van der Waals surface area (Å²) in [5, 5.41) is 32.5. The van der Waals surface area contributed by atoms with Crippen LogP contribution in [0.4, 0.5) is 0 Å². The lowest BCUT2D eigenvalue weighted by molar-refractivity contribution is -0.184. The van der Waals surface area contributed by atoms with Crippen molar-refractivity contribution in [2.75, 3.05) is 13.6 Å². The Bertz CT molecular complexity index is 1710. The van der Waals surface area contributed by atoms with Gasteiger partial charge in [0.15, 0.2) is 23.7 Å². The van der Waals surface area contributed by atoms with Gasteiger partial charge in [-0.3, -0.25) is 9.59 Å². The quantitative estimate of drug-likeness (QED) is 0.246. The van der Waals surface area contributed by atoms with Gasteiger partial charge in [-0.2, -0.15) is 0 Å². The lowest BCUT2D eigenvalue weighted by atomic mass is 9.50. The van der Waals surface area contributed by atoms with Crippen LogP contribution in [0.3, 0.4) is 0 Å². The lowest BCUT2D eigenvalue weighted by Gasteiger charge is -2.61. The van der Waals surface area contributed by atoms with Gasteiger partial charge in [0.2, 0.25) is 12.2 Å². The maximum absolute atomic E-state index is 13.3. The van der Waals surface area contributed by atoms with Gasteiger partial charge in [0.05, 0.1) is 17.4 Å². The van der Waals surface area contributed by atoms with E-state index in [4.69, 9.17) is 23.7 Å². The summed E-state index contributed by atoms with van der Waals surface area (Å²) in [4.78, 5) is 64.7. The maximum Gasteiger partial charge on any atom is 0.349 e. The molecule has 0 aromatic heterocycles. The van der Waals surface area contributed by atoms with Crippen molar-refractivity contribution in [2.45, 2.75) is 81.0 Å². The number of carbonyl (C=O) groups excluding carboxylic acids is 4. The van der Waals surface area contributed by atoms with Gasteiger partial charge in [-0.15, -0.1) is 0 Å². The topological polar surface area (TPSA) is 195 Å². The van der Waals surface area contributed by atoms with E-state index >= 15 is 0 Å². The van der Waals surface area contributed by atoms with Crippen LogP contribution >= 0.6 is 0 Å². The van der Waals surface area contributed by atoms with Gasteiger partial charge in [-0.25, -0.2) is 14.4 Å². The molecule has 0 amide bonds. The molecule has 2 aliphatic carbocycles. The molecule has 14 nitrogen and oxygen atoms in total. The van der Waals surface area contributed by atoms with Gasteiger partial charge in [0, 0.05) is 30.5 Å². The second kappa shape index (κ2) is 12.3. The molecule has 2 aromatic rings. The van der Waals surface area contributed by atoms with E-state index in [9.17, 15) is 39.3 Å². The highest BCUT2D eigenvalue weighted by Gasteiger charge is 2.72. The van der Waals surface area contributed by atoms with E-state index in [1.54, 1.807) is 24.3 Å². The van der Waals surface area contributed by atoms with Crippen LogP contribution in [0.25, 0.3) is 0 Å². The van der Waals surface area contributed by atoms with Crippen molar-refractivity contribution in [2.24, 2.45) is 0 Å². The zero-order valence-corrected chi connectivity index (χ0v) is 26.4. The molecular formula is C34H35NO13. The first-order valence-electron chi connectivity index (χ1n) is 15.5. The summed E-state index contributed by atoms with van der Waals surface area (Å²) in [6.07, 6.45) is -4.25. The number of aliphatic hydroxyl groups is 1. The molecule has 0 saturated carbocycles. The molecule has 254 valence electrons. The normalized spacial score (nSPS) is 26.8. The number of aromatic hydroxyl groups is 1. The second-order valence-corrected chi connectivity index (χ2v) is 12.5. The molecule has 6 rings (SSSR count). The third-order valence-electron chi connectivity index (χ3n) is 9.69. The smallest absolute Gasteiger partial charge is 0.349 e. The van der Waals surface area contributed by atoms with E-state index < -0.39 is 71.7 Å². The van der Waals surface area contributed by atoms with Crippen molar-refractivity contribution in [3.8, 4) is 11.5 Å². The van der Waals surface area contributed by atoms with Crippen molar-refractivity contribution >= 4 is 29.8 Å². The Morgan fingerprint density at radius 3 is 2.46 bits per heavy atom. The number of rotatable bonds is 10. The standard InChI is InChI=1S/C34H35NO13/c1-17(31(41)48-27(30(39)40)19-7-5-4-6-8-19)44-32(42)23(45-18(2)36)16-25(38)46-22-11-12-34(43)24-15-20-9-10-21(37)28-26(20)33(34,29(22)47-28)13-14-35(24)3/h4-11,17,23-24,27,29,37,43H,12-16H2,1-3H3,(H,39,40)/t17?,23?,24-,27+,29+,33+,34-/m1/s1. The highest BCUT2D eigenvalue weighted by atomic mass is 16.6. The number of aliphatic carboxylic acids is 1. The van der Waals surface area contributed by atoms with E-state index in [0.29, 0.717) is 24.9 Å². The number of likely N-dealkylation sites (N-methyl/N-ethyl adjacent to an activating group) is 1. The largest absolute Gasteiger partial charge is 0.504 e. The molecule has 2 unspecified atom stereocenters. The van der Waals surface area contributed by atoms with Crippen LogP contribution in [0.2, 0.25) is 0 Å². The third-order valence-corrected chi connectivity index (χ3v) is 9.69. The molecule has 48 heavy (non-hydrogen) atoms. The van der Waals surface area contributed by atoms with Gasteiger partial charge >= 0.3 is 29.8 Å². The SMILES string of the molecule is CC(=O)OC(CC(=O)OC1=CC[C@@]2(O)[C@H]3Cc4ccc(O)c5c4[C@@]2(CCN3C)[C@H]1O5)C(=O)OC(C)C(=O)O[C@H](C(=O)O)c1ccccc1. The number of carboxylic acid groups (broad SMARTS) is 1. The summed E-state index contributed by atoms with van der Waals surface area (Å²) in [7, 11) is 1.94. The Morgan fingerprint density at radius 1 is 1.04 bits per heavy atom. The summed E-state index contributed by atoms with van der Waals surface area (Å²) < 4.78 is 27.2. The first kappa shape index (κ1) is 33.0. The van der Waals surface area contributed by atoms with E-state index in [1.165, 1.54) is 18.2 Å². The summed E-state index contributed by atoms with van der Waals surface area (Å²) >= 11 is 0. The van der Waals surface area contributed by atoms with Crippen LogP contribution < -0.4 is 4.74 Å². The van der Waals surface area contributed by atoms with Gasteiger partial charge in [-0.05, 0) is 51.1 Å². The van der Waals surface area contributed by atoms with Crippen molar-refractivity contribution < 1.29 is 63.0 Å². The summed E-state index contributed by atoms with van der Waals surface area (Å²) in [5.41, 5.74) is -0.518. The highest BCUT2D eigenvalue weighted by molar-refractivity contribution is 5.87. The minimum Gasteiger partial charge on any atom is -0.504 e. The summed E-state index contributed by atoms with van der Waals surface area (Å²) in [5.74, 6) is -5.64. The predicted octanol–water partition coefficient (Wildman–Crippen LogP) is 1.84. The van der Waals surface area contributed by atoms with Crippen LogP contribution in [-0.4, -0.2) is 93.6 Å². The lowest BCUT2D eigenvalue weighted by Crippen LogP contribution is -2.74. The Hall–Kier alpha value is -4.95. The fourth-order valence-electron chi connectivity index (χ4n) is 7.53. The van der Waals surface area contributed by atoms with Gasteiger partial charge in [-0.1, -0.05) is 36.4 Å². The molecule has 4 aliphatic rings. The number of esters is 4. The number of benzene rings is 2. The molecule has 2 heterocycles. The molecule has 0 radical (unpaired) electrons. The van der Waals surface area contributed by atoms with E-state index in [1.807, 2.05) is 13.1 Å². The van der Waals surface area contributed by atoms with Crippen molar-refractivity contribution in [3.05, 3.63) is 71.0 Å². The van der Waals surface area contributed by atoms with E-state index in [0.717, 1.165) is 19.4 Å². The number of nitrogens with zero attached hydrogens (tertiary/aromatic N) is 1. The minimum absolute atomic E-state index is 0.0731. The van der Waals surface area contributed by atoms with Gasteiger partial charge < -0.3 is 43.9 Å². The number of likely N-dealkylation sites (tertiary alicyclic amines) is 1. The van der Waals surface area contributed by atoms with Crippen molar-refractivity contribution in [1.29, 1.82) is 0 Å². The Morgan fingerprint density at radius 2 is 1.77 bits per heavy atom. The zero-order valence-electron chi connectivity index (χ0n) is 26.4. The molecule has 14 heteroatoms. The second-order valence-electron chi connectivity index (χ2n) is 12.5. The third kappa shape index (κ3) is 5.34. The highest BCUT2D eigenvalue weighted by Crippen LogP contribution is 2.65. The Labute approximate surface area is 274 Å². The first-order valence-corrected chi connectivity index (χ1v) is 15.5. The fourth-order valence-corrected chi connectivity index (χ4v) is 7.53. The van der Waals surface area contributed by atoms with E-state index in [-0.39, 0.29) is 35.3 Å². The van der Waals surface area contributed by atoms with Crippen LogP contribution in [0.5, 0.6) is 11.5 Å². The monoisotopic (exact) mass is 665 g/mol. The number of piperidine rings is 1. The van der Waals surface area contributed by atoms with Crippen molar-refractivity contribution in [1.82, 2.24) is 4.90 Å². The fraction of sp³-hybridized carbons (Fsp3) is 0.441. The number of hydrogen-bond donors (Lipinski definition) is 3. The number of phenols is 1. The molecule has 1 spiro atoms. The zero-order chi connectivity index (χ0) is 34.5. The molecule has 1 saturated heterocycles. The number of carbonyl (C=O) groups is 5. The Balaban J connectivity index is 1.17. The molecule has 7 atom stereocenters. The summed E-state index contributed by atoms with van der Waals surface area (Å²) in [6.45, 7) is 2.76. The molecule has 2 aliphatic heterocycles. The van der Waals surface area contributed by atoms with Crippen LogP contribution in [0.15, 0.2) is 54.3 Å². The maximum atomic E-state index is 13.3. The van der Waals surface area contributed by atoms with Gasteiger partial charge in [0.1, 0.15) is 5.76 Å². The number of ether oxygens (including phenoxy) is 5. The molecule has 3 N–H and O–H groups in total. The molecule has 1 fully saturated rings. The average Bonchev–Trinajstić information content (AvgIpc) is 3.40. The first-order chi connectivity index (χ1) is 22.8. The van der Waals surface area contributed by atoms with Crippen molar-refractivity contribution in [3.63, 3.8) is 0 Å². The number of hydrogen-bond acceptors (Lipinski definition) is 13. The molecule has 2 bridgehead atoms. The Kier molecular flexibility index (Phi) is 8.42. The number of carboxylic acids is 1. The minimum atomic E-state index is -1.83. The predicted molar refractivity (Wildman–Crippen MR) is 161 cm³/mol. The van der Waals surface area contributed by atoms with Crippen LogP contribution in [-0.2, 0) is 54.8 Å². The van der Waals surface area contributed by atoms with E-state index in [2.05, 4.69) is 4.90 Å². The van der Waals surface area contributed by atoms with Crippen LogP contribution in [0.1, 0.15) is 55.9 Å².